The Labute approximate surface area is 129 Å². The fraction of sp³-hybridized carbons (Fsp3) is 0.500. The molecule has 0 aliphatic heterocycles. The molecule has 0 unspecified atom stereocenters. The van der Waals surface area contributed by atoms with Crippen LogP contribution in [0.25, 0.3) is 0 Å². The van der Waals surface area contributed by atoms with E-state index in [1.807, 2.05) is 0 Å². The van der Waals surface area contributed by atoms with Gasteiger partial charge in [-0.15, -0.1) is 0 Å². The monoisotopic (exact) mass is 326 g/mol. The Bertz CT molecular complexity index is 568. The summed E-state index contributed by atoms with van der Waals surface area (Å²) in [5, 5.41) is 19.1. The number of non-ortho nitro benzene ring substituents is 1. The summed E-state index contributed by atoms with van der Waals surface area (Å²) in [5.41, 5.74) is -0.0601. The zero-order valence-corrected chi connectivity index (χ0v) is 13.3. The number of benzene rings is 1. The van der Waals surface area contributed by atoms with Crippen molar-refractivity contribution in [1.82, 2.24) is 0 Å². The number of hydrogen-bond acceptors (Lipinski definition) is 6. The first-order valence-electron chi connectivity index (χ1n) is 7.05. The molecule has 1 aromatic carbocycles. The smallest absolute Gasteiger partial charge is 0.379 e. The van der Waals surface area contributed by atoms with E-state index in [4.69, 9.17) is 14.3 Å². The lowest BCUT2D eigenvalue weighted by molar-refractivity contribution is -0.384. The second kappa shape index (κ2) is 9.19. The van der Waals surface area contributed by atoms with Crippen molar-refractivity contribution in [3.05, 3.63) is 34.4 Å². The number of nitriles is 1. The van der Waals surface area contributed by atoms with Gasteiger partial charge in [0.15, 0.2) is 0 Å². The highest BCUT2D eigenvalue weighted by molar-refractivity contribution is 7.54. The minimum Gasteiger partial charge on any atom is -0.424 e. The fourth-order valence-corrected chi connectivity index (χ4v) is 3.53. The number of unbranched alkanes of at least 4 members (excludes halogenated alkanes) is 3. The van der Waals surface area contributed by atoms with Crippen LogP contribution in [-0.4, -0.2) is 17.7 Å². The highest BCUT2D eigenvalue weighted by atomic mass is 31.2. The molecule has 0 spiro atoms. The predicted octanol–water partition coefficient (Wildman–Crippen LogP) is 4.29. The van der Waals surface area contributed by atoms with Crippen molar-refractivity contribution in [2.45, 2.75) is 32.6 Å². The second-order valence-corrected chi connectivity index (χ2v) is 6.67. The highest BCUT2D eigenvalue weighted by Crippen LogP contribution is 2.49. The van der Waals surface area contributed by atoms with E-state index in [1.165, 1.54) is 24.3 Å². The quantitative estimate of drug-likeness (QED) is 0.275. The van der Waals surface area contributed by atoms with Gasteiger partial charge >= 0.3 is 7.60 Å². The Morgan fingerprint density at radius 3 is 2.50 bits per heavy atom. The standard InChI is InChI=1S/C14H19N2O5P/c1-2-20-22(19,12-6-4-3-5-11-15)21-14-9-7-13(8-10-14)16(17)18/h7-10H,2-6,12H2,1H3/t22-/m0/s1. The third kappa shape index (κ3) is 6.25. The van der Waals surface area contributed by atoms with E-state index < -0.39 is 12.5 Å². The molecular formula is C14H19N2O5P. The van der Waals surface area contributed by atoms with Gasteiger partial charge in [0.25, 0.3) is 5.69 Å². The van der Waals surface area contributed by atoms with Crippen molar-refractivity contribution in [3.8, 4) is 11.8 Å². The molecule has 0 aromatic heterocycles. The molecule has 120 valence electrons. The van der Waals surface area contributed by atoms with Crippen molar-refractivity contribution in [1.29, 1.82) is 5.26 Å². The number of rotatable bonds is 10. The molecule has 1 aromatic rings. The Morgan fingerprint density at radius 2 is 1.95 bits per heavy atom. The molecule has 0 heterocycles. The predicted molar refractivity (Wildman–Crippen MR) is 81.9 cm³/mol. The number of nitrogens with zero attached hydrogens (tertiary/aromatic N) is 2. The third-order valence-electron chi connectivity index (χ3n) is 2.84. The average Bonchev–Trinajstić information content (AvgIpc) is 2.48. The molecule has 0 N–H and O–H groups in total. The average molecular weight is 326 g/mol. The van der Waals surface area contributed by atoms with E-state index in [-0.39, 0.29) is 24.2 Å². The van der Waals surface area contributed by atoms with Crippen LogP contribution in [-0.2, 0) is 9.09 Å². The Kier molecular flexibility index (Phi) is 7.58. The van der Waals surface area contributed by atoms with Crippen LogP contribution >= 0.6 is 7.60 Å². The lowest BCUT2D eigenvalue weighted by Crippen LogP contribution is -2.03. The van der Waals surface area contributed by atoms with Crippen molar-refractivity contribution in [2.24, 2.45) is 0 Å². The molecule has 1 rings (SSSR count). The molecule has 0 bridgehead atoms. The molecule has 0 saturated heterocycles. The molecule has 0 aliphatic rings. The lowest BCUT2D eigenvalue weighted by Gasteiger charge is -2.18. The molecular weight excluding hydrogens is 307 g/mol. The third-order valence-corrected chi connectivity index (χ3v) is 4.84. The maximum atomic E-state index is 12.6. The zero-order valence-electron chi connectivity index (χ0n) is 12.4. The summed E-state index contributed by atoms with van der Waals surface area (Å²) in [6.07, 6.45) is 2.88. The molecule has 0 saturated carbocycles. The Balaban J connectivity index is 2.63. The number of nitro benzene ring substituents is 1. The first-order valence-corrected chi connectivity index (χ1v) is 8.78. The first kappa shape index (κ1) is 18.1. The normalized spacial score (nSPS) is 13.1. The largest absolute Gasteiger partial charge is 0.424 e. The van der Waals surface area contributed by atoms with Crippen LogP contribution in [0.2, 0.25) is 0 Å². The maximum Gasteiger partial charge on any atom is 0.379 e. The molecule has 0 radical (unpaired) electrons. The van der Waals surface area contributed by atoms with Gasteiger partial charge in [0.05, 0.1) is 23.8 Å². The molecule has 7 nitrogen and oxygen atoms in total. The summed E-state index contributed by atoms with van der Waals surface area (Å²) in [6, 6.07) is 7.44. The number of hydrogen-bond donors (Lipinski definition) is 0. The van der Waals surface area contributed by atoms with Crippen LogP contribution < -0.4 is 4.52 Å². The van der Waals surface area contributed by atoms with Gasteiger partial charge in [-0.25, -0.2) is 4.57 Å². The molecule has 8 heteroatoms. The van der Waals surface area contributed by atoms with Gasteiger partial charge in [0, 0.05) is 18.6 Å². The minimum absolute atomic E-state index is 0.0601. The van der Waals surface area contributed by atoms with Gasteiger partial charge in [0.2, 0.25) is 0 Å². The fourth-order valence-electron chi connectivity index (χ4n) is 1.81. The lowest BCUT2D eigenvalue weighted by atomic mass is 10.2. The van der Waals surface area contributed by atoms with E-state index in [9.17, 15) is 14.7 Å². The Hall–Kier alpha value is -1.90. The highest BCUT2D eigenvalue weighted by Gasteiger charge is 2.25. The van der Waals surface area contributed by atoms with E-state index >= 15 is 0 Å². The van der Waals surface area contributed by atoms with Gasteiger partial charge in [-0.1, -0.05) is 6.42 Å². The van der Waals surface area contributed by atoms with Crippen LogP contribution in [0.3, 0.4) is 0 Å². The molecule has 0 amide bonds. The van der Waals surface area contributed by atoms with Gasteiger partial charge < -0.3 is 9.05 Å². The van der Waals surface area contributed by atoms with E-state index in [0.717, 1.165) is 12.8 Å². The van der Waals surface area contributed by atoms with Crippen LogP contribution in [0.15, 0.2) is 24.3 Å². The first-order chi connectivity index (χ1) is 10.5. The van der Waals surface area contributed by atoms with Crippen LogP contribution in [0, 0.1) is 21.4 Å². The van der Waals surface area contributed by atoms with E-state index in [2.05, 4.69) is 6.07 Å². The summed E-state index contributed by atoms with van der Waals surface area (Å²) in [5.74, 6) is 0.277. The number of nitro groups is 1. The summed E-state index contributed by atoms with van der Waals surface area (Å²) in [4.78, 5) is 10.1. The van der Waals surface area contributed by atoms with Crippen LogP contribution in [0.4, 0.5) is 5.69 Å². The van der Waals surface area contributed by atoms with Gasteiger partial charge in [-0.05, 0) is 31.9 Å². The van der Waals surface area contributed by atoms with Crippen LogP contribution in [0.1, 0.15) is 32.6 Å². The summed E-state index contributed by atoms with van der Waals surface area (Å²) in [6.45, 7) is 1.98. The summed E-state index contributed by atoms with van der Waals surface area (Å²) >= 11 is 0. The maximum absolute atomic E-state index is 12.6. The molecule has 22 heavy (non-hydrogen) atoms. The second-order valence-electron chi connectivity index (χ2n) is 4.56. The van der Waals surface area contributed by atoms with E-state index in [1.54, 1.807) is 6.92 Å². The SMILES string of the molecule is CCO[P@@](=O)(CCCCCC#N)Oc1ccc([N+](=O)[O-])cc1. The van der Waals surface area contributed by atoms with Crippen molar-refractivity contribution >= 4 is 13.3 Å². The van der Waals surface area contributed by atoms with Crippen molar-refractivity contribution in [2.75, 3.05) is 12.8 Å². The van der Waals surface area contributed by atoms with Gasteiger partial charge in [0.1, 0.15) is 5.75 Å². The van der Waals surface area contributed by atoms with Crippen LogP contribution in [0.5, 0.6) is 5.75 Å². The topological polar surface area (TPSA) is 102 Å². The zero-order chi connectivity index (χ0) is 16.4. The van der Waals surface area contributed by atoms with Gasteiger partial charge in [-0.3, -0.25) is 10.1 Å². The Morgan fingerprint density at radius 1 is 1.27 bits per heavy atom. The molecule has 0 aliphatic carbocycles. The van der Waals surface area contributed by atoms with Crippen molar-refractivity contribution < 1.29 is 18.5 Å². The summed E-state index contributed by atoms with van der Waals surface area (Å²) in [7, 11) is -3.28. The molecule has 1 atom stereocenters. The van der Waals surface area contributed by atoms with E-state index in [0.29, 0.717) is 12.8 Å². The summed E-state index contributed by atoms with van der Waals surface area (Å²) < 4.78 is 23.3. The van der Waals surface area contributed by atoms with Gasteiger partial charge in [-0.2, -0.15) is 5.26 Å². The minimum atomic E-state index is -3.28. The van der Waals surface area contributed by atoms with Crippen molar-refractivity contribution in [3.63, 3.8) is 0 Å². The molecule has 0 fully saturated rings.